The lowest BCUT2D eigenvalue weighted by Crippen LogP contribution is -2.40. The van der Waals surface area contributed by atoms with Gasteiger partial charge in [0.1, 0.15) is 11.9 Å². The summed E-state index contributed by atoms with van der Waals surface area (Å²) in [4.78, 5) is 13.6. The van der Waals surface area contributed by atoms with E-state index in [9.17, 15) is 18.0 Å². The molecule has 0 bridgehead atoms. The largest absolute Gasteiger partial charge is 0.484 e. The van der Waals surface area contributed by atoms with Crippen LogP contribution < -0.4 is 4.74 Å². The summed E-state index contributed by atoms with van der Waals surface area (Å²) in [5, 5.41) is 0. The average molecular weight is 365 g/mol. The molecular formula is C19H18F3NO3. The molecule has 1 amide bonds. The number of fused-ring (bicyclic) bond motifs is 1. The van der Waals surface area contributed by atoms with Crippen LogP contribution in [0, 0.1) is 0 Å². The van der Waals surface area contributed by atoms with E-state index < -0.39 is 23.9 Å². The molecule has 1 aliphatic rings. The number of halogens is 3. The lowest BCUT2D eigenvalue weighted by Gasteiger charge is -2.34. The van der Waals surface area contributed by atoms with Crippen molar-refractivity contribution in [1.29, 1.82) is 0 Å². The maximum absolute atomic E-state index is 12.7. The second kappa shape index (κ2) is 7.27. The minimum absolute atomic E-state index is 0.261. The van der Waals surface area contributed by atoms with Gasteiger partial charge in [-0.1, -0.05) is 24.3 Å². The summed E-state index contributed by atoms with van der Waals surface area (Å²) in [6.07, 6.45) is -5.32. The smallest absolute Gasteiger partial charge is 0.416 e. The SMILES string of the molecule is CCOC(=O)N1Cc2ccccc2C(Oc2ccc(C(F)(F)F)cc2)C1. The molecule has 1 heterocycles. The van der Waals surface area contributed by atoms with E-state index in [-0.39, 0.29) is 13.2 Å². The standard InChI is InChI=1S/C19H18F3NO3/c1-2-25-18(24)23-11-13-5-3-4-6-16(13)17(12-23)26-15-9-7-14(8-10-15)19(20,21)22/h3-10,17H,2,11-12H2,1H3. The fourth-order valence-corrected chi connectivity index (χ4v) is 2.90. The lowest BCUT2D eigenvalue weighted by atomic mass is 9.97. The number of alkyl halides is 3. The highest BCUT2D eigenvalue weighted by Crippen LogP contribution is 2.33. The lowest BCUT2D eigenvalue weighted by molar-refractivity contribution is -0.137. The highest BCUT2D eigenvalue weighted by Gasteiger charge is 2.32. The van der Waals surface area contributed by atoms with Gasteiger partial charge in [0.15, 0.2) is 0 Å². The summed E-state index contributed by atoms with van der Waals surface area (Å²) < 4.78 is 49.0. The zero-order valence-corrected chi connectivity index (χ0v) is 14.1. The first-order valence-corrected chi connectivity index (χ1v) is 8.22. The van der Waals surface area contributed by atoms with Crippen molar-refractivity contribution in [2.24, 2.45) is 0 Å². The van der Waals surface area contributed by atoms with Crippen LogP contribution in [-0.4, -0.2) is 24.1 Å². The van der Waals surface area contributed by atoms with E-state index in [1.165, 1.54) is 17.0 Å². The summed E-state index contributed by atoms with van der Waals surface area (Å²) in [6.45, 7) is 2.66. The van der Waals surface area contributed by atoms with Crippen LogP contribution in [0.5, 0.6) is 5.75 Å². The van der Waals surface area contributed by atoms with Crippen molar-refractivity contribution in [1.82, 2.24) is 4.90 Å². The third-order valence-corrected chi connectivity index (χ3v) is 4.14. The quantitative estimate of drug-likeness (QED) is 0.784. The van der Waals surface area contributed by atoms with Gasteiger partial charge in [-0.2, -0.15) is 13.2 Å². The molecule has 138 valence electrons. The highest BCUT2D eigenvalue weighted by atomic mass is 19.4. The fraction of sp³-hybridized carbons (Fsp3) is 0.316. The molecule has 0 saturated heterocycles. The predicted molar refractivity (Wildman–Crippen MR) is 88.7 cm³/mol. The van der Waals surface area contributed by atoms with Crippen LogP contribution in [0.1, 0.15) is 29.7 Å². The van der Waals surface area contributed by atoms with E-state index in [1.54, 1.807) is 6.92 Å². The molecule has 0 N–H and O–H groups in total. The summed E-state index contributed by atoms with van der Waals surface area (Å²) in [5.74, 6) is 0.309. The summed E-state index contributed by atoms with van der Waals surface area (Å²) in [6, 6.07) is 12.0. The normalized spacial score (nSPS) is 16.8. The number of hydrogen-bond acceptors (Lipinski definition) is 3. The number of rotatable bonds is 3. The molecule has 0 aromatic heterocycles. The average Bonchev–Trinajstić information content (AvgIpc) is 2.61. The van der Waals surface area contributed by atoms with Crippen LogP contribution in [0.15, 0.2) is 48.5 Å². The second-order valence-electron chi connectivity index (χ2n) is 5.91. The number of carbonyl (C=O) groups excluding carboxylic acids is 1. The molecule has 26 heavy (non-hydrogen) atoms. The van der Waals surface area contributed by atoms with E-state index in [0.717, 1.165) is 23.3 Å². The van der Waals surface area contributed by atoms with E-state index in [2.05, 4.69) is 0 Å². The first-order chi connectivity index (χ1) is 12.4. The number of ether oxygens (including phenoxy) is 2. The minimum atomic E-state index is -4.39. The number of amides is 1. The monoisotopic (exact) mass is 365 g/mol. The Bertz CT molecular complexity index is 774. The molecule has 0 spiro atoms. The molecule has 2 aromatic carbocycles. The Labute approximate surface area is 149 Å². The third-order valence-electron chi connectivity index (χ3n) is 4.14. The van der Waals surface area contributed by atoms with E-state index in [1.807, 2.05) is 24.3 Å². The molecule has 0 aliphatic carbocycles. The van der Waals surface area contributed by atoms with E-state index in [0.29, 0.717) is 12.3 Å². The van der Waals surface area contributed by atoms with Crippen LogP contribution in [0.2, 0.25) is 0 Å². The van der Waals surface area contributed by atoms with Gasteiger partial charge in [0.05, 0.1) is 18.7 Å². The van der Waals surface area contributed by atoms with Gasteiger partial charge in [0.2, 0.25) is 0 Å². The Morgan fingerprint density at radius 2 is 1.85 bits per heavy atom. The second-order valence-corrected chi connectivity index (χ2v) is 5.91. The van der Waals surface area contributed by atoms with Crippen LogP contribution in [0.3, 0.4) is 0 Å². The molecule has 0 fully saturated rings. The van der Waals surface area contributed by atoms with Crippen molar-refractivity contribution in [2.45, 2.75) is 25.7 Å². The first kappa shape index (κ1) is 18.1. The van der Waals surface area contributed by atoms with Crippen LogP contribution >= 0.6 is 0 Å². The Kier molecular flexibility index (Phi) is 5.06. The van der Waals surface area contributed by atoms with Gasteiger partial charge in [-0.05, 0) is 42.3 Å². The van der Waals surface area contributed by atoms with Crippen LogP contribution in [0.4, 0.5) is 18.0 Å². The van der Waals surface area contributed by atoms with Crippen molar-refractivity contribution in [3.8, 4) is 5.75 Å². The molecule has 7 heteroatoms. The van der Waals surface area contributed by atoms with Gasteiger partial charge in [-0.25, -0.2) is 4.79 Å². The number of benzene rings is 2. The highest BCUT2D eigenvalue weighted by molar-refractivity contribution is 5.68. The molecule has 0 saturated carbocycles. The van der Waals surface area contributed by atoms with Crippen molar-refractivity contribution < 1.29 is 27.4 Å². The molecule has 3 rings (SSSR count). The van der Waals surface area contributed by atoms with Crippen molar-refractivity contribution in [3.05, 3.63) is 65.2 Å². The van der Waals surface area contributed by atoms with Gasteiger partial charge >= 0.3 is 12.3 Å². The number of nitrogens with zero attached hydrogens (tertiary/aromatic N) is 1. The van der Waals surface area contributed by atoms with Gasteiger partial charge in [-0.15, -0.1) is 0 Å². The fourth-order valence-electron chi connectivity index (χ4n) is 2.90. The van der Waals surface area contributed by atoms with Gasteiger partial charge < -0.3 is 9.47 Å². The predicted octanol–water partition coefficient (Wildman–Crippen LogP) is 4.80. The molecule has 1 aliphatic heterocycles. The number of carbonyl (C=O) groups is 1. The Morgan fingerprint density at radius 1 is 1.15 bits per heavy atom. The van der Waals surface area contributed by atoms with Gasteiger partial charge in [0, 0.05) is 6.54 Å². The van der Waals surface area contributed by atoms with Crippen molar-refractivity contribution >= 4 is 6.09 Å². The molecule has 4 nitrogen and oxygen atoms in total. The van der Waals surface area contributed by atoms with Gasteiger partial charge in [-0.3, -0.25) is 4.90 Å². The minimum Gasteiger partial charge on any atom is -0.484 e. The first-order valence-electron chi connectivity index (χ1n) is 8.22. The molecule has 2 aromatic rings. The van der Waals surface area contributed by atoms with E-state index in [4.69, 9.17) is 9.47 Å². The van der Waals surface area contributed by atoms with E-state index >= 15 is 0 Å². The molecule has 0 radical (unpaired) electrons. The molecule has 1 unspecified atom stereocenters. The Morgan fingerprint density at radius 3 is 2.50 bits per heavy atom. The molecule has 1 atom stereocenters. The van der Waals surface area contributed by atoms with Crippen molar-refractivity contribution in [3.63, 3.8) is 0 Å². The number of hydrogen-bond donors (Lipinski definition) is 0. The van der Waals surface area contributed by atoms with Crippen LogP contribution in [0.25, 0.3) is 0 Å². The Hall–Kier alpha value is -2.70. The summed E-state index contributed by atoms with van der Waals surface area (Å²) >= 11 is 0. The Balaban J connectivity index is 1.82. The maximum Gasteiger partial charge on any atom is 0.416 e. The zero-order chi connectivity index (χ0) is 18.7. The van der Waals surface area contributed by atoms with Gasteiger partial charge in [0.25, 0.3) is 0 Å². The third kappa shape index (κ3) is 3.92. The summed E-state index contributed by atoms with van der Waals surface area (Å²) in [5.41, 5.74) is 1.10. The molecular weight excluding hydrogens is 347 g/mol. The van der Waals surface area contributed by atoms with Crippen molar-refractivity contribution in [2.75, 3.05) is 13.2 Å². The zero-order valence-electron chi connectivity index (χ0n) is 14.1. The maximum atomic E-state index is 12.7. The van der Waals surface area contributed by atoms with Crippen LogP contribution in [-0.2, 0) is 17.5 Å². The summed E-state index contributed by atoms with van der Waals surface area (Å²) in [7, 11) is 0. The topological polar surface area (TPSA) is 38.8 Å².